The Balaban J connectivity index is 1.00. The van der Waals surface area contributed by atoms with Gasteiger partial charge in [-0.25, -0.2) is 0 Å². The first-order valence-corrected chi connectivity index (χ1v) is 30.4. The van der Waals surface area contributed by atoms with Crippen molar-refractivity contribution in [2.24, 2.45) is 0 Å². The van der Waals surface area contributed by atoms with Crippen LogP contribution in [0.1, 0.15) is 77.6 Å². The third kappa shape index (κ3) is 8.04. The van der Waals surface area contributed by atoms with Crippen LogP contribution < -0.4 is 31.1 Å². The van der Waals surface area contributed by atoms with Crippen molar-refractivity contribution in [3.05, 3.63) is 277 Å². The van der Waals surface area contributed by atoms with Crippen LogP contribution >= 0.6 is 0 Å². The van der Waals surface area contributed by atoms with Gasteiger partial charge in [-0.15, -0.1) is 0 Å². The second kappa shape index (κ2) is 19.1. The molecular formula is C81H66BN3O. The maximum absolute atomic E-state index is 6.83. The smallest absolute Gasteiger partial charge is 0.252 e. The summed E-state index contributed by atoms with van der Waals surface area (Å²) in [7, 11) is 0. The van der Waals surface area contributed by atoms with Crippen molar-refractivity contribution in [3.63, 3.8) is 0 Å². The highest BCUT2D eigenvalue weighted by Gasteiger charge is 2.46. The maximum Gasteiger partial charge on any atom is 0.252 e. The van der Waals surface area contributed by atoms with Crippen molar-refractivity contribution in [2.45, 2.75) is 71.6 Å². The Morgan fingerprint density at radius 1 is 0.395 bits per heavy atom. The van der Waals surface area contributed by atoms with E-state index in [0.29, 0.717) is 0 Å². The molecule has 4 nitrogen and oxygen atoms in total. The summed E-state index contributed by atoms with van der Waals surface area (Å²) in [5, 5.41) is 4.62. The normalized spacial score (nSPS) is 13.8. The summed E-state index contributed by atoms with van der Waals surface area (Å²) in [5.41, 5.74) is 27.8. The average Bonchev–Trinajstić information content (AvgIpc) is 0.827. The zero-order chi connectivity index (χ0) is 58.4. The fraction of sp³-hybridized carbons (Fsp3) is 0.136. The van der Waals surface area contributed by atoms with Gasteiger partial charge >= 0.3 is 0 Å². The molecule has 12 aromatic carbocycles. The molecule has 414 valence electrons. The van der Waals surface area contributed by atoms with Gasteiger partial charge in [-0.1, -0.05) is 225 Å². The molecule has 0 saturated heterocycles. The number of rotatable bonds is 7. The van der Waals surface area contributed by atoms with Gasteiger partial charge in [0, 0.05) is 73.3 Å². The van der Waals surface area contributed by atoms with Crippen molar-refractivity contribution in [1.82, 2.24) is 0 Å². The second-order valence-corrected chi connectivity index (χ2v) is 26.5. The van der Waals surface area contributed by atoms with Gasteiger partial charge < -0.3 is 19.1 Å². The number of anilines is 9. The first-order valence-electron chi connectivity index (χ1n) is 30.4. The lowest BCUT2D eigenvalue weighted by Gasteiger charge is -2.45. The van der Waals surface area contributed by atoms with Crippen molar-refractivity contribution >= 4 is 107 Å². The SMILES string of the molecule is CC(C)(C)c1ccc(N(c2ccc3c(c2)N(c2ccc4c(c2)oc2ccccc24)c2cc(C(C)(C)C)cc4c2B3c2cc(-c3ccccc3)ccc2N4c2ccc3c(c2)C(C)(C)c2ccccc2-3)c2ccc3ccccc3c2-c2ccccc2)cc1. The molecule has 0 atom stereocenters. The number of furan rings is 1. The van der Waals surface area contributed by atoms with Gasteiger partial charge in [-0.3, -0.25) is 0 Å². The van der Waals surface area contributed by atoms with Gasteiger partial charge in [0.15, 0.2) is 0 Å². The third-order valence-corrected chi connectivity index (χ3v) is 18.9. The molecule has 16 rings (SSSR count). The highest BCUT2D eigenvalue weighted by Crippen LogP contribution is 2.54. The third-order valence-electron chi connectivity index (χ3n) is 18.9. The Labute approximate surface area is 505 Å². The number of hydrogen-bond donors (Lipinski definition) is 0. The second-order valence-electron chi connectivity index (χ2n) is 26.5. The lowest BCUT2D eigenvalue weighted by Crippen LogP contribution is -2.61. The fourth-order valence-electron chi connectivity index (χ4n) is 14.5. The predicted octanol–water partition coefficient (Wildman–Crippen LogP) is 20.5. The van der Waals surface area contributed by atoms with Crippen LogP contribution in [0.2, 0.25) is 0 Å². The van der Waals surface area contributed by atoms with Crippen LogP contribution in [0.15, 0.2) is 259 Å². The van der Waals surface area contributed by atoms with Crippen LogP contribution in [0.5, 0.6) is 0 Å². The van der Waals surface area contributed by atoms with E-state index in [1.165, 1.54) is 94.2 Å². The maximum atomic E-state index is 6.83. The zero-order valence-corrected chi connectivity index (χ0v) is 50.1. The average molecular weight is 1110 g/mol. The van der Waals surface area contributed by atoms with Crippen molar-refractivity contribution in [1.29, 1.82) is 0 Å². The standard InChI is InChI=1S/C81H66BN3O/c1-79(2,3)55-33-35-57(36-34-55)83(71-44-31-52-23-15-16-26-61(52)77(71)53-24-13-10-14-25-53)59-39-42-68-72(49-59)85(60-38-41-65-64-28-18-20-30-75(64)86-76(65)50-60)74-47-56(80(4,5)6)46-73-78(74)82(68)69-45-54(51-21-11-9-12-22-51)32-43-70(69)84(73)58-37-40-63-62-27-17-19-29-66(62)81(7,8)67(63)48-58/h9-50H,1-8H3. The summed E-state index contributed by atoms with van der Waals surface area (Å²) in [6, 6.07) is 95.7. The molecule has 5 heteroatoms. The van der Waals surface area contributed by atoms with Gasteiger partial charge in [0.25, 0.3) is 6.71 Å². The highest BCUT2D eigenvalue weighted by atomic mass is 16.3. The molecule has 0 saturated carbocycles. The molecule has 2 aliphatic heterocycles. The number of para-hydroxylation sites is 1. The van der Waals surface area contributed by atoms with E-state index in [0.717, 1.165) is 61.8 Å². The minimum absolute atomic E-state index is 0.0256. The van der Waals surface area contributed by atoms with Gasteiger partial charge in [0.2, 0.25) is 0 Å². The summed E-state index contributed by atoms with van der Waals surface area (Å²) in [4.78, 5) is 7.68. The van der Waals surface area contributed by atoms with Gasteiger partial charge in [-0.2, -0.15) is 0 Å². The molecule has 0 amide bonds. The van der Waals surface area contributed by atoms with Crippen LogP contribution in [-0.2, 0) is 16.2 Å². The van der Waals surface area contributed by atoms with E-state index in [1.807, 2.05) is 0 Å². The van der Waals surface area contributed by atoms with Crippen molar-refractivity contribution < 1.29 is 4.42 Å². The molecule has 0 radical (unpaired) electrons. The van der Waals surface area contributed by atoms with Crippen LogP contribution in [0, 0.1) is 0 Å². The fourth-order valence-corrected chi connectivity index (χ4v) is 14.5. The lowest BCUT2D eigenvalue weighted by atomic mass is 9.33. The molecule has 0 N–H and O–H groups in total. The summed E-state index contributed by atoms with van der Waals surface area (Å²) in [6.07, 6.45) is 0. The van der Waals surface area contributed by atoms with Crippen molar-refractivity contribution in [2.75, 3.05) is 14.7 Å². The highest BCUT2D eigenvalue weighted by molar-refractivity contribution is 7.00. The molecule has 86 heavy (non-hydrogen) atoms. The van der Waals surface area contributed by atoms with E-state index >= 15 is 0 Å². The van der Waals surface area contributed by atoms with Crippen LogP contribution in [-0.4, -0.2) is 6.71 Å². The topological polar surface area (TPSA) is 22.9 Å². The Morgan fingerprint density at radius 3 is 1.77 bits per heavy atom. The monoisotopic (exact) mass is 1110 g/mol. The summed E-state index contributed by atoms with van der Waals surface area (Å²) >= 11 is 0. The van der Waals surface area contributed by atoms with E-state index in [-0.39, 0.29) is 23.0 Å². The molecule has 3 aliphatic rings. The summed E-state index contributed by atoms with van der Waals surface area (Å²) < 4.78 is 6.83. The Morgan fingerprint density at radius 2 is 1.01 bits per heavy atom. The minimum atomic E-state index is -0.220. The summed E-state index contributed by atoms with van der Waals surface area (Å²) in [5.74, 6) is 0. The largest absolute Gasteiger partial charge is 0.456 e. The number of benzene rings is 12. The molecule has 1 aromatic heterocycles. The molecule has 1 aliphatic carbocycles. The van der Waals surface area contributed by atoms with E-state index < -0.39 is 0 Å². The summed E-state index contributed by atoms with van der Waals surface area (Å²) in [6.45, 7) is 18.6. The van der Waals surface area contributed by atoms with Gasteiger partial charge in [0.1, 0.15) is 11.2 Å². The molecule has 0 fully saturated rings. The molecule has 3 heterocycles. The molecule has 0 bridgehead atoms. The molecule has 0 spiro atoms. The Hall–Kier alpha value is -9.84. The quantitative estimate of drug-likeness (QED) is 0.148. The van der Waals surface area contributed by atoms with Gasteiger partial charge in [0.05, 0.1) is 5.69 Å². The minimum Gasteiger partial charge on any atom is -0.456 e. The number of nitrogens with zero attached hydrogens (tertiary/aromatic N) is 3. The zero-order valence-electron chi connectivity index (χ0n) is 50.1. The first kappa shape index (κ1) is 51.8. The van der Waals surface area contributed by atoms with Crippen LogP contribution in [0.4, 0.5) is 51.2 Å². The molecular weight excluding hydrogens is 1040 g/mol. The molecule has 0 unspecified atom stereocenters. The first-order chi connectivity index (χ1) is 41.7. The number of hydrogen-bond acceptors (Lipinski definition) is 4. The van der Waals surface area contributed by atoms with Crippen LogP contribution in [0.3, 0.4) is 0 Å². The lowest BCUT2D eigenvalue weighted by molar-refractivity contribution is 0.590. The Kier molecular flexibility index (Phi) is 11.5. The predicted molar refractivity (Wildman–Crippen MR) is 366 cm³/mol. The van der Waals surface area contributed by atoms with E-state index in [9.17, 15) is 0 Å². The van der Waals surface area contributed by atoms with Gasteiger partial charge in [-0.05, 0) is 167 Å². The Bertz CT molecular complexity index is 4890. The van der Waals surface area contributed by atoms with E-state index in [4.69, 9.17) is 4.42 Å². The van der Waals surface area contributed by atoms with E-state index in [2.05, 4.69) is 325 Å². The van der Waals surface area contributed by atoms with E-state index in [1.54, 1.807) is 0 Å². The molecule has 13 aromatic rings. The number of fused-ring (bicyclic) bond motifs is 11. The van der Waals surface area contributed by atoms with Crippen LogP contribution in [0.25, 0.3) is 66.1 Å². The van der Waals surface area contributed by atoms with Crippen molar-refractivity contribution in [3.8, 4) is 33.4 Å².